The lowest BCUT2D eigenvalue weighted by Crippen LogP contribution is -2.18. The van der Waals surface area contributed by atoms with Crippen molar-refractivity contribution in [2.45, 2.75) is 18.9 Å². The summed E-state index contributed by atoms with van der Waals surface area (Å²) in [5.41, 5.74) is 2.23. The van der Waals surface area contributed by atoms with Gasteiger partial charge in [-0.1, -0.05) is 30.3 Å². The van der Waals surface area contributed by atoms with E-state index in [-0.39, 0.29) is 0 Å². The number of benzene rings is 1. The molecule has 3 rings (SSSR count). The van der Waals surface area contributed by atoms with Crippen molar-refractivity contribution >= 4 is 0 Å². The molecule has 18 heavy (non-hydrogen) atoms. The summed E-state index contributed by atoms with van der Waals surface area (Å²) in [4.78, 5) is 11.5. The van der Waals surface area contributed by atoms with Crippen LogP contribution in [0.4, 0.5) is 0 Å². The first-order chi connectivity index (χ1) is 8.84. The molecule has 2 heterocycles. The Balaban J connectivity index is 1.94. The van der Waals surface area contributed by atoms with Crippen molar-refractivity contribution in [1.82, 2.24) is 14.9 Å². The predicted molar refractivity (Wildman–Crippen MR) is 72.1 cm³/mol. The van der Waals surface area contributed by atoms with E-state index >= 15 is 0 Å². The Kier molecular flexibility index (Phi) is 3.07. The maximum Gasteiger partial charge on any atom is 0.159 e. The topological polar surface area (TPSA) is 29.0 Å². The highest BCUT2D eigenvalue weighted by atomic mass is 15.2. The van der Waals surface area contributed by atoms with Crippen molar-refractivity contribution in [3.63, 3.8) is 0 Å². The second-order valence-corrected chi connectivity index (χ2v) is 4.81. The van der Waals surface area contributed by atoms with E-state index in [1.54, 1.807) is 0 Å². The zero-order chi connectivity index (χ0) is 12.4. The number of nitrogens with zero attached hydrogens (tertiary/aromatic N) is 3. The fraction of sp³-hybridized carbons (Fsp3) is 0.333. The smallest absolute Gasteiger partial charge is 0.159 e. The Morgan fingerprint density at radius 1 is 1.17 bits per heavy atom. The molecule has 1 aliphatic heterocycles. The van der Waals surface area contributed by atoms with Gasteiger partial charge in [0.2, 0.25) is 0 Å². The average Bonchev–Trinajstić information content (AvgIpc) is 2.86. The van der Waals surface area contributed by atoms with Crippen molar-refractivity contribution in [2.24, 2.45) is 0 Å². The number of hydrogen-bond donors (Lipinski definition) is 0. The number of likely N-dealkylation sites (tertiary alicyclic amines) is 1. The van der Waals surface area contributed by atoms with Crippen LogP contribution >= 0.6 is 0 Å². The first-order valence-electron chi connectivity index (χ1n) is 6.43. The molecule has 1 saturated heterocycles. The molecule has 1 fully saturated rings. The van der Waals surface area contributed by atoms with Gasteiger partial charge in [-0.05, 0) is 32.5 Å². The Labute approximate surface area is 108 Å². The lowest BCUT2D eigenvalue weighted by atomic mass is 10.1. The van der Waals surface area contributed by atoms with Crippen molar-refractivity contribution < 1.29 is 0 Å². The van der Waals surface area contributed by atoms with Gasteiger partial charge in [0.05, 0.1) is 11.7 Å². The maximum absolute atomic E-state index is 4.72. The highest BCUT2D eigenvalue weighted by molar-refractivity contribution is 5.54. The van der Waals surface area contributed by atoms with Gasteiger partial charge < -0.3 is 0 Å². The van der Waals surface area contributed by atoms with Crippen LogP contribution in [0.5, 0.6) is 0 Å². The Bertz CT molecular complexity index is 524. The van der Waals surface area contributed by atoms with Crippen LogP contribution in [0.2, 0.25) is 0 Å². The molecule has 3 nitrogen and oxygen atoms in total. The molecule has 92 valence electrons. The molecule has 0 radical (unpaired) electrons. The van der Waals surface area contributed by atoms with Crippen molar-refractivity contribution in [1.29, 1.82) is 0 Å². The molecule has 1 aliphatic rings. The fourth-order valence-corrected chi connectivity index (χ4v) is 2.57. The second kappa shape index (κ2) is 4.86. The van der Waals surface area contributed by atoms with Crippen molar-refractivity contribution in [3.8, 4) is 11.4 Å². The lowest BCUT2D eigenvalue weighted by molar-refractivity contribution is 0.312. The van der Waals surface area contributed by atoms with Crippen LogP contribution in [-0.4, -0.2) is 28.5 Å². The molecule has 2 aromatic rings. The van der Waals surface area contributed by atoms with Gasteiger partial charge in [-0.3, -0.25) is 4.90 Å². The van der Waals surface area contributed by atoms with Crippen molar-refractivity contribution in [2.75, 3.05) is 13.6 Å². The Hall–Kier alpha value is -1.74. The van der Waals surface area contributed by atoms with Crippen LogP contribution in [0.15, 0.2) is 42.6 Å². The average molecular weight is 239 g/mol. The van der Waals surface area contributed by atoms with Crippen molar-refractivity contribution in [3.05, 3.63) is 48.3 Å². The quantitative estimate of drug-likeness (QED) is 0.807. The summed E-state index contributed by atoms with van der Waals surface area (Å²) in [7, 11) is 2.17. The van der Waals surface area contributed by atoms with Gasteiger partial charge in [-0.2, -0.15) is 0 Å². The number of aromatic nitrogens is 2. The van der Waals surface area contributed by atoms with Gasteiger partial charge in [0.25, 0.3) is 0 Å². The van der Waals surface area contributed by atoms with Crippen LogP contribution < -0.4 is 0 Å². The molecule has 0 saturated carbocycles. The van der Waals surface area contributed by atoms with E-state index in [0.717, 1.165) is 23.6 Å². The zero-order valence-electron chi connectivity index (χ0n) is 10.6. The molecule has 1 aromatic carbocycles. The summed E-state index contributed by atoms with van der Waals surface area (Å²) in [5.74, 6) is 0.827. The Morgan fingerprint density at radius 2 is 2.00 bits per heavy atom. The van der Waals surface area contributed by atoms with Gasteiger partial charge >= 0.3 is 0 Å². The molecular weight excluding hydrogens is 222 g/mol. The van der Waals surface area contributed by atoms with Gasteiger partial charge in [0, 0.05) is 11.8 Å². The molecule has 1 atom stereocenters. The molecule has 0 bridgehead atoms. The van der Waals surface area contributed by atoms with E-state index in [4.69, 9.17) is 4.98 Å². The third-order valence-electron chi connectivity index (χ3n) is 3.57. The molecule has 0 aliphatic carbocycles. The highest BCUT2D eigenvalue weighted by Gasteiger charge is 2.23. The van der Waals surface area contributed by atoms with Gasteiger partial charge in [-0.15, -0.1) is 0 Å². The molecule has 0 unspecified atom stereocenters. The number of hydrogen-bond acceptors (Lipinski definition) is 3. The minimum atomic E-state index is 0.454. The largest absolute Gasteiger partial charge is 0.298 e. The van der Waals surface area contributed by atoms with Crippen LogP contribution in [0, 0.1) is 0 Å². The lowest BCUT2D eigenvalue weighted by Gasteiger charge is -2.18. The second-order valence-electron chi connectivity index (χ2n) is 4.81. The van der Waals surface area contributed by atoms with E-state index in [1.807, 2.05) is 30.5 Å². The van der Waals surface area contributed by atoms with Gasteiger partial charge in [-0.25, -0.2) is 9.97 Å². The summed E-state index contributed by atoms with van der Waals surface area (Å²) in [5, 5.41) is 0. The van der Waals surface area contributed by atoms with Crippen LogP contribution in [0.3, 0.4) is 0 Å². The van der Waals surface area contributed by atoms with Crippen LogP contribution in [0.25, 0.3) is 11.4 Å². The van der Waals surface area contributed by atoms with E-state index in [0.29, 0.717) is 6.04 Å². The minimum Gasteiger partial charge on any atom is -0.298 e. The first kappa shape index (κ1) is 11.4. The number of rotatable bonds is 2. The SMILES string of the molecule is CN1CCC[C@H]1c1ccnc(-c2ccccc2)n1. The third kappa shape index (κ3) is 2.14. The summed E-state index contributed by atoms with van der Waals surface area (Å²) in [6, 6.07) is 12.7. The van der Waals surface area contributed by atoms with E-state index in [9.17, 15) is 0 Å². The summed E-state index contributed by atoms with van der Waals surface area (Å²) >= 11 is 0. The van der Waals surface area contributed by atoms with E-state index in [2.05, 4.69) is 29.1 Å². The molecule has 1 aromatic heterocycles. The monoisotopic (exact) mass is 239 g/mol. The third-order valence-corrected chi connectivity index (χ3v) is 3.57. The normalized spacial score (nSPS) is 20.2. The fourth-order valence-electron chi connectivity index (χ4n) is 2.57. The highest BCUT2D eigenvalue weighted by Crippen LogP contribution is 2.29. The van der Waals surface area contributed by atoms with E-state index < -0.39 is 0 Å². The molecule has 0 amide bonds. The van der Waals surface area contributed by atoms with Gasteiger partial charge in [0.1, 0.15) is 0 Å². The molecular formula is C15H17N3. The van der Waals surface area contributed by atoms with Crippen LogP contribution in [-0.2, 0) is 0 Å². The maximum atomic E-state index is 4.72. The minimum absolute atomic E-state index is 0.454. The zero-order valence-corrected chi connectivity index (χ0v) is 10.6. The Morgan fingerprint density at radius 3 is 2.72 bits per heavy atom. The standard InChI is InChI=1S/C15H17N3/c1-18-11-5-8-14(18)13-9-10-16-15(17-13)12-6-3-2-4-7-12/h2-4,6-7,9-10,14H,5,8,11H2,1H3/t14-/m0/s1. The summed E-state index contributed by atoms with van der Waals surface area (Å²) in [6.07, 6.45) is 4.32. The summed E-state index contributed by atoms with van der Waals surface area (Å²) < 4.78 is 0. The molecule has 0 spiro atoms. The first-order valence-corrected chi connectivity index (χ1v) is 6.43. The molecule has 0 N–H and O–H groups in total. The van der Waals surface area contributed by atoms with Gasteiger partial charge in [0.15, 0.2) is 5.82 Å². The molecule has 3 heteroatoms. The summed E-state index contributed by atoms with van der Waals surface area (Å²) in [6.45, 7) is 1.16. The predicted octanol–water partition coefficient (Wildman–Crippen LogP) is 2.91. The van der Waals surface area contributed by atoms with E-state index in [1.165, 1.54) is 12.8 Å². The van der Waals surface area contributed by atoms with Crippen LogP contribution in [0.1, 0.15) is 24.6 Å².